The average Bonchev–Trinajstić information content (AvgIpc) is 3.06. The number of hydrogen-bond donors (Lipinski definition) is 1. The molecule has 6 nitrogen and oxygen atoms in total. The summed E-state index contributed by atoms with van der Waals surface area (Å²) in [5.41, 5.74) is 3.69. The van der Waals surface area contributed by atoms with E-state index in [0.29, 0.717) is 24.6 Å². The van der Waals surface area contributed by atoms with Gasteiger partial charge in [-0.3, -0.25) is 4.79 Å². The van der Waals surface area contributed by atoms with E-state index in [1.807, 2.05) is 51.1 Å². The molecule has 1 saturated carbocycles. The van der Waals surface area contributed by atoms with Gasteiger partial charge >= 0.3 is 5.97 Å². The van der Waals surface area contributed by atoms with E-state index in [-0.39, 0.29) is 17.8 Å². The van der Waals surface area contributed by atoms with E-state index in [0.717, 1.165) is 54.9 Å². The Balaban J connectivity index is 1.52. The molecule has 0 atom stereocenters. The molecule has 3 rings (SSSR count). The maximum atomic E-state index is 12.7. The molecule has 6 heteroatoms. The third-order valence-corrected chi connectivity index (χ3v) is 6.37. The summed E-state index contributed by atoms with van der Waals surface area (Å²) in [7, 11) is 1.64. The summed E-state index contributed by atoms with van der Waals surface area (Å²) < 4.78 is 12.8. The highest BCUT2D eigenvalue weighted by atomic mass is 16.5. The molecule has 1 amide bonds. The fourth-order valence-electron chi connectivity index (χ4n) is 4.54. The molecule has 0 spiro atoms. The average molecular weight is 427 g/mol. The number of para-hydroxylation sites is 1. The number of nitrogens with one attached hydrogen (secondary N) is 1. The Bertz CT molecular complexity index is 910. The Hall–Kier alpha value is -2.76. The van der Waals surface area contributed by atoms with Crippen LogP contribution in [0.5, 0.6) is 5.75 Å². The molecule has 1 aromatic heterocycles. The lowest BCUT2D eigenvalue weighted by atomic mass is 9.81. The molecule has 0 aliphatic heterocycles. The number of rotatable bonds is 8. The Morgan fingerprint density at radius 2 is 1.84 bits per heavy atom. The molecule has 31 heavy (non-hydrogen) atoms. The normalized spacial score (nSPS) is 18.5. The highest BCUT2D eigenvalue weighted by molar-refractivity contribution is 5.91. The molecule has 1 heterocycles. The molecule has 1 aromatic carbocycles. The fraction of sp³-hybridized carbons (Fsp3) is 0.520. The Morgan fingerprint density at radius 3 is 2.52 bits per heavy atom. The molecule has 0 radical (unpaired) electrons. The predicted molar refractivity (Wildman–Crippen MR) is 120 cm³/mol. The van der Waals surface area contributed by atoms with E-state index in [1.165, 1.54) is 0 Å². The fourth-order valence-corrected chi connectivity index (χ4v) is 4.54. The quantitative estimate of drug-likeness (QED) is 0.635. The molecule has 168 valence electrons. The monoisotopic (exact) mass is 426 g/mol. The van der Waals surface area contributed by atoms with Crippen LogP contribution < -0.4 is 10.1 Å². The second-order valence-electron chi connectivity index (χ2n) is 8.36. The molecule has 1 aliphatic carbocycles. The summed E-state index contributed by atoms with van der Waals surface area (Å²) in [5.74, 6) is 1.25. The SMILES string of the molecule is CCOC(=O)c1cc(C)n(CC2CCC(C(=O)NCc3ccccc3OC)CC2)c1C. The molecule has 1 aliphatic rings. The Labute approximate surface area is 184 Å². The van der Waals surface area contributed by atoms with Crippen LogP contribution in [0.2, 0.25) is 0 Å². The van der Waals surface area contributed by atoms with Gasteiger partial charge in [-0.1, -0.05) is 18.2 Å². The number of esters is 1. The number of carbonyl (C=O) groups excluding carboxylic acids is 2. The van der Waals surface area contributed by atoms with Crippen LogP contribution in [0.15, 0.2) is 30.3 Å². The number of benzene rings is 1. The van der Waals surface area contributed by atoms with Gasteiger partial charge in [0.25, 0.3) is 0 Å². The number of nitrogens with zero attached hydrogens (tertiary/aromatic N) is 1. The van der Waals surface area contributed by atoms with Crippen molar-refractivity contribution in [1.29, 1.82) is 0 Å². The van der Waals surface area contributed by atoms with Crippen molar-refractivity contribution < 1.29 is 19.1 Å². The van der Waals surface area contributed by atoms with E-state index >= 15 is 0 Å². The van der Waals surface area contributed by atoms with Gasteiger partial charge in [-0.15, -0.1) is 0 Å². The van der Waals surface area contributed by atoms with Gasteiger partial charge < -0.3 is 19.4 Å². The Morgan fingerprint density at radius 1 is 1.13 bits per heavy atom. The molecular weight excluding hydrogens is 392 g/mol. The molecule has 1 N–H and O–H groups in total. The third-order valence-electron chi connectivity index (χ3n) is 6.37. The zero-order valence-corrected chi connectivity index (χ0v) is 19.1. The van der Waals surface area contributed by atoms with Crippen molar-refractivity contribution in [2.75, 3.05) is 13.7 Å². The molecule has 2 aromatic rings. The second-order valence-corrected chi connectivity index (χ2v) is 8.36. The van der Waals surface area contributed by atoms with Gasteiger partial charge in [0.05, 0.1) is 19.3 Å². The third kappa shape index (κ3) is 5.49. The smallest absolute Gasteiger partial charge is 0.339 e. The zero-order chi connectivity index (χ0) is 22.4. The van der Waals surface area contributed by atoms with E-state index in [9.17, 15) is 9.59 Å². The van der Waals surface area contributed by atoms with Crippen molar-refractivity contribution in [2.45, 2.75) is 59.5 Å². The first kappa shape index (κ1) is 22.9. The summed E-state index contributed by atoms with van der Waals surface area (Å²) in [4.78, 5) is 24.8. The van der Waals surface area contributed by atoms with Crippen molar-refractivity contribution in [3.63, 3.8) is 0 Å². The van der Waals surface area contributed by atoms with Gasteiger partial charge in [0.1, 0.15) is 5.75 Å². The number of aryl methyl sites for hydroxylation is 1. The van der Waals surface area contributed by atoms with Crippen molar-refractivity contribution in [3.05, 3.63) is 52.8 Å². The minimum absolute atomic E-state index is 0.0629. The van der Waals surface area contributed by atoms with Gasteiger partial charge in [0.15, 0.2) is 0 Å². The number of carbonyl (C=O) groups is 2. The van der Waals surface area contributed by atoms with Gasteiger partial charge in [0, 0.05) is 36.0 Å². The summed E-state index contributed by atoms with van der Waals surface area (Å²) in [5, 5.41) is 3.08. The number of aromatic nitrogens is 1. The molecule has 0 bridgehead atoms. The van der Waals surface area contributed by atoms with Gasteiger partial charge in [-0.25, -0.2) is 4.79 Å². The number of methoxy groups -OCH3 is 1. The lowest BCUT2D eigenvalue weighted by Gasteiger charge is -2.29. The molecular formula is C25H34N2O4. The lowest BCUT2D eigenvalue weighted by Crippen LogP contribution is -2.33. The van der Waals surface area contributed by atoms with Crippen LogP contribution in [0.3, 0.4) is 0 Å². The van der Waals surface area contributed by atoms with Crippen LogP contribution in [0, 0.1) is 25.7 Å². The van der Waals surface area contributed by atoms with E-state index in [2.05, 4.69) is 9.88 Å². The Kier molecular flexibility index (Phi) is 7.77. The maximum absolute atomic E-state index is 12.7. The molecule has 1 fully saturated rings. The summed E-state index contributed by atoms with van der Waals surface area (Å²) in [6.45, 7) is 7.59. The van der Waals surface area contributed by atoms with Crippen molar-refractivity contribution in [2.24, 2.45) is 11.8 Å². The lowest BCUT2D eigenvalue weighted by molar-refractivity contribution is -0.126. The highest BCUT2D eigenvalue weighted by Gasteiger charge is 2.27. The molecule has 0 unspecified atom stereocenters. The summed E-state index contributed by atoms with van der Waals surface area (Å²) in [6, 6.07) is 9.68. The van der Waals surface area contributed by atoms with Crippen molar-refractivity contribution in [3.8, 4) is 5.75 Å². The first-order valence-corrected chi connectivity index (χ1v) is 11.2. The predicted octanol–water partition coefficient (Wildman–Crippen LogP) is 4.41. The minimum Gasteiger partial charge on any atom is -0.496 e. The largest absolute Gasteiger partial charge is 0.496 e. The number of amides is 1. The van der Waals surface area contributed by atoms with Crippen LogP contribution in [-0.4, -0.2) is 30.2 Å². The maximum Gasteiger partial charge on any atom is 0.339 e. The second kappa shape index (κ2) is 10.5. The minimum atomic E-state index is -0.253. The first-order valence-electron chi connectivity index (χ1n) is 11.2. The van der Waals surface area contributed by atoms with Gasteiger partial charge in [-0.05, 0) is 64.5 Å². The van der Waals surface area contributed by atoms with Crippen molar-refractivity contribution in [1.82, 2.24) is 9.88 Å². The summed E-state index contributed by atoms with van der Waals surface area (Å²) in [6.07, 6.45) is 3.82. The van der Waals surface area contributed by atoms with Crippen LogP contribution in [-0.2, 0) is 22.6 Å². The number of ether oxygens (including phenoxy) is 2. The van der Waals surface area contributed by atoms with Gasteiger partial charge in [-0.2, -0.15) is 0 Å². The number of hydrogen-bond acceptors (Lipinski definition) is 4. The summed E-state index contributed by atoms with van der Waals surface area (Å²) >= 11 is 0. The van der Waals surface area contributed by atoms with Gasteiger partial charge in [0.2, 0.25) is 5.91 Å². The first-order chi connectivity index (χ1) is 14.9. The van der Waals surface area contributed by atoms with E-state index in [4.69, 9.17) is 9.47 Å². The molecule has 0 saturated heterocycles. The van der Waals surface area contributed by atoms with Crippen LogP contribution in [0.4, 0.5) is 0 Å². The van der Waals surface area contributed by atoms with Crippen LogP contribution in [0.25, 0.3) is 0 Å². The zero-order valence-electron chi connectivity index (χ0n) is 19.1. The highest BCUT2D eigenvalue weighted by Crippen LogP contribution is 2.31. The topological polar surface area (TPSA) is 69.6 Å². The van der Waals surface area contributed by atoms with E-state index in [1.54, 1.807) is 7.11 Å². The standard InChI is InChI=1S/C25H34N2O4/c1-5-31-25(29)22-14-17(2)27(18(22)3)16-19-10-12-20(13-11-19)24(28)26-15-21-8-6-7-9-23(21)30-4/h6-9,14,19-20H,5,10-13,15-16H2,1-4H3,(H,26,28). The van der Waals surface area contributed by atoms with Crippen LogP contribution in [0.1, 0.15) is 59.9 Å². The van der Waals surface area contributed by atoms with Crippen LogP contribution >= 0.6 is 0 Å². The van der Waals surface area contributed by atoms with E-state index < -0.39 is 0 Å². The van der Waals surface area contributed by atoms with Crippen molar-refractivity contribution >= 4 is 11.9 Å².